The molecule has 0 fully saturated rings. The Balaban J connectivity index is 4.18. The lowest BCUT2D eigenvalue weighted by Gasteiger charge is -2.17. The van der Waals surface area contributed by atoms with Crippen molar-refractivity contribution in [2.45, 2.75) is 32.4 Å². The molecule has 1 unspecified atom stereocenters. The Labute approximate surface area is 85.9 Å². The first-order chi connectivity index (χ1) is 6.23. The van der Waals surface area contributed by atoms with Gasteiger partial charge in [-0.3, -0.25) is 4.79 Å². The molecule has 80 valence electrons. The zero-order valence-corrected chi connectivity index (χ0v) is 9.38. The fourth-order valence-electron chi connectivity index (χ4n) is 0.417. The minimum Gasteiger partial charge on any atom is -0.591 e. The molecular formula is C8H13NO4S. The van der Waals surface area contributed by atoms with E-state index in [-0.39, 0.29) is 0 Å². The van der Waals surface area contributed by atoms with Gasteiger partial charge in [-0.2, -0.15) is 0 Å². The van der Waals surface area contributed by atoms with E-state index in [1.165, 1.54) is 0 Å². The molecule has 0 aliphatic heterocycles. The largest absolute Gasteiger partial charge is 0.591 e. The summed E-state index contributed by atoms with van der Waals surface area (Å²) in [5.74, 6) is -1.63. The molecule has 14 heavy (non-hydrogen) atoms. The molecule has 0 spiro atoms. The van der Waals surface area contributed by atoms with Crippen molar-refractivity contribution in [2.75, 3.05) is 0 Å². The molecule has 0 rings (SSSR count). The van der Waals surface area contributed by atoms with Crippen molar-refractivity contribution < 1.29 is 18.9 Å². The van der Waals surface area contributed by atoms with E-state index in [9.17, 15) is 14.1 Å². The lowest BCUT2D eigenvalue weighted by molar-refractivity contribution is -0.152. The number of carbonyl (C=O) groups is 2. The molecule has 0 aromatic rings. The Bertz CT molecular complexity index is 257. The van der Waals surface area contributed by atoms with Gasteiger partial charge in [-0.05, 0) is 20.8 Å². The summed E-state index contributed by atoms with van der Waals surface area (Å²) >= 11 is -1.52. The molecule has 0 radical (unpaired) electrons. The minimum atomic E-state index is -1.52. The normalized spacial score (nSPS) is 14.1. The van der Waals surface area contributed by atoms with Gasteiger partial charge in [-0.25, -0.2) is 4.79 Å². The number of hydrogen-bond donors (Lipinski definition) is 0. The van der Waals surface area contributed by atoms with E-state index in [2.05, 4.69) is 9.13 Å². The van der Waals surface area contributed by atoms with Gasteiger partial charge in [0.2, 0.25) is 0 Å². The van der Waals surface area contributed by atoms with Crippen molar-refractivity contribution in [1.29, 1.82) is 0 Å². The van der Waals surface area contributed by atoms with Crippen LogP contribution in [0.1, 0.15) is 27.7 Å². The van der Waals surface area contributed by atoms with E-state index in [0.717, 1.165) is 13.1 Å². The maximum absolute atomic E-state index is 11.3. The molecule has 0 aromatic heterocycles. The Morgan fingerprint density at radius 2 is 1.93 bits per heavy atom. The number of rotatable bonds is 2. The summed E-state index contributed by atoms with van der Waals surface area (Å²) in [6.45, 7) is 6.26. The van der Waals surface area contributed by atoms with Crippen LogP contribution in [0.4, 0.5) is 0 Å². The first-order valence-corrected chi connectivity index (χ1v) is 5.02. The second-order valence-electron chi connectivity index (χ2n) is 3.51. The first-order valence-electron chi connectivity index (χ1n) is 3.92. The van der Waals surface area contributed by atoms with Gasteiger partial charge in [0.1, 0.15) is 16.1 Å². The number of carbonyl (C=O) groups excluding carboxylic acids is 2. The van der Waals surface area contributed by atoms with Crippen molar-refractivity contribution in [3.8, 4) is 0 Å². The van der Waals surface area contributed by atoms with Crippen LogP contribution in [0.25, 0.3) is 0 Å². The maximum atomic E-state index is 11.3. The third kappa shape index (κ3) is 5.71. The van der Waals surface area contributed by atoms with E-state index in [0.29, 0.717) is 0 Å². The predicted molar refractivity (Wildman–Crippen MR) is 53.2 cm³/mol. The van der Waals surface area contributed by atoms with E-state index in [1.807, 2.05) is 0 Å². The lowest BCUT2D eigenvalue weighted by Crippen LogP contribution is -2.26. The molecular weight excluding hydrogens is 206 g/mol. The Morgan fingerprint density at radius 3 is 2.29 bits per heavy atom. The van der Waals surface area contributed by atoms with Crippen LogP contribution < -0.4 is 0 Å². The molecule has 5 nitrogen and oxygen atoms in total. The quantitative estimate of drug-likeness (QED) is 0.295. The molecule has 0 heterocycles. The highest BCUT2D eigenvalue weighted by atomic mass is 32.2. The lowest BCUT2D eigenvalue weighted by atomic mass is 10.3. The molecule has 1 atom stereocenters. The molecule has 0 amide bonds. The predicted octanol–water partition coefficient (Wildman–Crippen LogP) is 0.609. The number of esters is 2. The van der Waals surface area contributed by atoms with Crippen LogP contribution in [0.15, 0.2) is 4.40 Å². The molecule has 0 aromatic carbocycles. The molecule has 0 N–H and O–H groups in total. The zero-order chi connectivity index (χ0) is 11.4. The van der Waals surface area contributed by atoms with Gasteiger partial charge in [0, 0.05) is 6.92 Å². The monoisotopic (exact) mass is 219 g/mol. The van der Waals surface area contributed by atoms with Crippen molar-refractivity contribution in [2.24, 2.45) is 4.40 Å². The summed E-state index contributed by atoms with van der Waals surface area (Å²) < 4.78 is 18.4. The van der Waals surface area contributed by atoms with Crippen molar-refractivity contribution in [1.82, 2.24) is 0 Å². The molecule has 0 aliphatic carbocycles. The van der Waals surface area contributed by atoms with E-state index >= 15 is 0 Å². The van der Waals surface area contributed by atoms with Gasteiger partial charge in [0.05, 0.1) is 0 Å². The van der Waals surface area contributed by atoms with Gasteiger partial charge >= 0.3 is 11.9 Å². The first kappa shape index (κ1) is 13.1. The molecule has 0 saturated heterocycles. The average Bonchev–Trinajstić information content (AvgIpc) is 1.96. The van der Waals surface area contributed by atoms with Gasteiger partial charge in [-0.1, -0.05) is 4.40 Å². The van der Waals surface area contributed by atoms with Crippen LogP contribution in [0.2, 0.25) is 0 Å². The average molecular weight is 219 g/mol. The van der Waals surface area contributed by atoms with Crippen LogP contribution in [-0.4, -0.2) is 27.5 Å². The molecule has 6 heteroatoms. The second-order valence-corrected chi connectivity index (χ2v) is 5.44. The van der Waals surface area contributed by atoms with Gasteiger partial charge in [0.15, 0.2) is 6.21 Å². The van der Waals surface area contributed by atoms with Gasteiger partial charge in [0.25, 0.3) is 0 Å². The molecule has 0 aliphatic rings. The number of nitrogens with zero attached hydrogens (tertiary/aromatic N) is 1. The standard InChI is InChI=1S/C8H13NO4S/c1-6(10)13-7(11)5-9-14(12)8(2,3)4/h5H,1-4H3/b9-5+. The Hall–Kier alpha value is -0.880. The summed E-state index contributed by atoms with van der Waals surface area (Å²) in [7, 11) is 0. The van der Waals surface area contributed by atoms with E-state index < -0.39 is 28.0 Å². The number of hydrogen-bond acceptors (Lipinski definition) is 5. The van der Waals surface area contributed by atoms with Crippen LogP contribution in [-0.2, 0) is 25.7 Å². The van der Waals surface area contributed by atoms with Crippen LogP contribution >= 0.6 is 0 Å². The van der Waals surface area contributed by atoms with Gasteiger partial charge in [-0.15, -0.1) is 0 Å². The molecule has 0 saturated carbocycles. The summed E-state index contributed by atoms with van der Waals surface area (Å²) in [5.41, 5.74) is 0. The van der Waals surface area contributed by atoms with Crippen LogP contribution in [0.5, 0.6) is 0 Å². The van der Waals surface area contributed by atoms with Crippen molar-refractivity contribution in [3.05, 3.63) is 0 Å². The van der Waals surface area contributed by atoms with Crippen LogP contribution in [0.3, 0.4) is 0 Å². The topological polar surface area (TPSA) is 78.8 Å². The fraction of sp³-hybridized carbons (Fsp3) is 0.625. The second kappa shape index (κ2) is 5.11. The third-order valence-electron chi connectivity index (χ3n) is 1.02. The van der Waals surface area contributed by atoms with Crippen molar-refractivity contribution in [3.63, 3.8) is 0 Å². The van der Waals surface area contributed by atoms with E-state index in [1.54, 1.807) is 20.8 Å². The zero-order valence-electron chi connectivity index (χ0n) is 8.57. The fourth-order valence-corrected chi connectivity index (χ4v) is 0.915. The number of ether oxygens (including phenoxy) is 1. The van der Waals surface area contributed by atoms with Crippen molar-refractivity contribution >= 4 is 29.5 Å². The smallest absolute Gasteiger partial charge is 0.361 e. The minimum absolute atomic E-state index is 0.535. The summed E-state index contributed by atoms with van der Waals surface area (Å²) in [6, 6.07) is 0. The van der Waals surface area contributed by atoms with Gasteiger partial charge < -0.3 is 9.29 Å². The summed E-state index contributed by atoms with van der Waals surface area (Å²) in [5, 5.41) is 0. The summed E-state index contributed by atoms with van der Waals surface area (Å²) in [6.07, 6.45) is 0.753. The Morgan fingerprint density at radius 1 is 1.43 bits per heavy atom. The summed E-state index contributed by atoms with van der Waals surface area (Å²) in [4.78, 5) is 21.1. The highest BCUT2D eigenvalue weighted by molar-refractivity contribution is 7.91. The highest BCUT2D eigenvalue weighted by Gasteiger charge is 2.26. The third-order valence-corrected chi connectivity index (χ3v) is 2.37. The van der Waals surface area contributed by atoms with Crippen LogP contribution in [0, 0.1) is 0 Å². The highest BCUT2D eigenvalue weighted by Crippen LogP contribution is 2.16. The molecule has 0 bridgehead atoms. The Kier molecular flexibility index (Phi) is 4.79. The maximum Gasteiger partial charge on any atom is 0.361 e. The van der Waals surface area contributed by atoms with E-state index in [4.69, 9.17) is 0 Å². The SMILES string of the molecule is CC(=O)OC(=O)/C=N/[S+]([O-])C(C)(C)C.